The molecular weight excluding hydrogens is 228 g/mol. The van der Waals surface area contributed by atoms with Gasteiger partial charge in [-0.05, 0) is 12.5 Å². The normalized spacial score (nSPS) is 10.3. The summed E-state index contributed by atoms with van der Waals surface area (Å²) in [5, 5.41) is 0. The second-order valence-electron chi connectivity index (χ2n) is 3.94. The van der Waals surface area contributed by atoms with Crippen LogP contribution >= 0.6 is 0 Å². The van der Waals surface area contributed by atoms with Crippen molar-refractivity contribution < 1.29 is 9.47 Å². The lowest BCUT2D eigenvalue weighted by Crippen LogP contribution is -2.04. The first-order valence-corrected chi connectivity index (χ1v) is 5.78. The van der Waals surface area contributed by atoms with Crippen LogP contribution in [-0.4, -0.2) is 17.1 Å². The minimum atomic E-state index is 0.424. The molecule has 1 aromatic carbocycles. The Hall–Kier alpha value is -1.94. The van der Waals surface area contributed by atoms with E-state index in [0.717, 1.165) is 11.3 Å². The molecule has 4 nitrogen and oxygen atoms in total. The number of aryl methyl sites for hydroxylation is 1. The van der Waals surface area contributed by atoms with Crippen molar-refractivity contribution in [3.05, 3.63) is 53.6 Å². The lowest BCUT2D eigenvalue weighted by Gasteiger charge is -2.10. The third-order valence-electron chi connectivity index (χ3n) is 2.47. The molecule has 0 bridgehead atoms. The number of methoxy groups -OCH3 is 1. The summed E-state index contributed by atoms with van der Waals surface area (Å²) in [5.41, 5.74) is 1.89. The molecule has 18 heavy (non-hydrogen) atoms. The van der Waals surface area contributed by atoms with Gasteiger partial charge in [0.15, 0.2) is 5.75 Å². The van der Waals surface area contributed by atoms with Gasteiger partial charge in [-0.1, -0.05) is 30.3 Å². The molecule has 0 saturated carbocycles. The average Bonchev–Trinajstić information content (AvgIpc) is 2.39. The van der Waals surface area contributed by atoms with Crippen molar-refractivity contribution in [2.75, 3.05) is 7.11 Å². The minimum Gasteiger partial charge on any atom is -0.485 e. The van der Waals surface area contributed by atoms with Crippen molar-refractivity contribution >= 4 is 0 Å². The van der Waals surface area contributed by atoms with E-state index >= 15 is 0 Å². The van der Waals surface area contributed by atoms with E-state index in [1.807, 2.05) is 37.3 Å². The Kier molecular flexibility index (Phi) is 4.25. The van der Waals surface area contributed by atoms with Crippen LogP contribution in [0.3, 0.4) is 0 Å². The van der Waals surface area contributed by atoms with E-state index in [0.29, 0.717) is 24.8 Å². The quantitative estimate of drug-likeness (QED) is 0.810. The molecule has 4 heteroatoms. The predicted molar refractivity (Wildman–Crippen MR) is 68.3 cm³/mol. The summed E-state index contributed by atoms with van der Waals surface area (Å²) >= 11 is 0. The second-order valence-corrected chi connectivity index (χ2v) is 3.94. The zero-order valence-corrected chi connectivity index (χ0v) is 10.6. The van der Waals surface area contributed by atoms with Crippen molar-refractivity contribution in [2.24, 2.45) is 0 Å². The van der Waals surface area contributed by atoms with Crippen LogP contribution in [0.15, 0.2) is 36.5 Å². The standard InChI is InChI=1S/C14H16N2O2/c1-11-15-8-14(13(16-11)10-17-2)18-9-12-6-4-3-5-7-12/h3-8H,9-10H2,1-2H3. The van der Waals surface area contributed by atoms with Crippen LogP contribution in [-0.2, 0) is 18.0 Å². The zero-order chi connectivity index (χ0) is 12.8. The highest BCUT2D eigenvalue weighted by atomic mass is 16.5. The Labute approximate surface area is 107 Å². The van der Waals surface area contributed by atoms with Crippen LogP contribution in [0.2, 0.25) is 0 Å². The molecule has 1 heterocycles. The number of rotatable bonds is 5. The van der Waals surface area contributed by atoms with Gasteiger partial charge < -0.3 is 9.47 Å². The van der Waals surface area contributed by atoms with Crippen LogP contribution in [0.4, 0.5) is 0 Å². The first kappa shape index (κ1) is 12.5. The van der Waals surface area contributed by atoms with Crippen LogP contribution < -0.4 is 4.74 Å². The van der Waals surface area contributed by atoms with Gasteiger partial charge in [0.05, 0.1) is 12.8 Å². The maximum Gasteiger partial charge on any atom is 0.162 e. The maximum absolute atomic E-state index is 5.73. The second kappa shape index (κ2) is 6.12. The molecule has 0 atom stereocenters. The summed E-state index contributed by atoms with van der Waals surface area (Å²) in [7, 11) is 1.64. The minimum absolute atomic E-state index is 0.424. The Morgan fingerprint density at radius 3 is 2.61 bits per heavy atom. The van der Waals surface area contributed by atoms with Gasteiger partial charge in [0.2, 0.25) is 0 Å². The molecule has 0 unspecified atom stereocenters. The van der Waals surface area contributed by atoms with Crippen LogP contribution in [0.5, 0.6) is 5.75 Å². The lowest BCUT2D eigenvalue weighted by atomic mass is 10.2. The van der Waals surface area contributed by atoms with Crippen molar-refractivity contribution in [3.63, 3.8) is 0 Å². The molecule has 0 saturated heterocycles. The zero-order valence-electron chi connectivity index (χ0n) is 10.6. The third-order valence-corrected chi connectivity index (χ3v) is 2.47. The van der Waals surface area contributed by atoms with Gasteiger partial charge in [-0.3, -0.25) is 0 Å². The number of benzene rings is 1. The fourth-order valence-electron chi connectivity index (χ4n) is 1.60. The fourth-order valence-corrected chi connectivity index (χ4v) is 1.60. The van der Waals surface area contributed by atoms with Crippen LogP contribution in [0.1, 0.15) is 17.1 Å². The molecule has 0 radical (unpaired) electrons. The SMILES string of the molecule is COCc1nc(C)ncc1OCc1ccccc1. The van der Waals surface area contributed by atoms with E-state index in [2.05, 4.69) is 9.97 Å². The van der Waals surface area contributed by atoms with E-state index in [-0.39, 0.29) is 0 Å². The average molecular weight is 244 g/mol. The van der Waals surface area contributed by atoms with Gasteiger partial charge in [-0.25, -0.2) is 9.97 Å². The van der Waals surface area contributed by atoms with E-state index in [1.165, 1.54) is 0 Å². The van der Waals surface area contributed by atoms with Gasteiger partial charge in [-0.2, -0.15) is 0 Å². The van der Waals surface area contributed by atoms with Crippen molar-refractivity contribution in [1.29, 1.82) is 0 Å². The van der Waals surface area contributed by atoms with Gasteiger partial charge in [0.1, 0.15) is 18.1 Å². The number of hydrogen-bond donors (Lipinski definition) is 0. The molecule has 0 aliphatic heterocycles. The molecule has 0 amide bonds. The monoisotopic (exact) mass is 244 g/mol. The summed E-state index contributed by atoms with van der Waals surface area (Å²) in [6.45, 7) is 2.78. The molecule has 0 spiro atoms. The highest BCUT2D eigenvalue weighted by molar-refractivity contribution is 5.25. The molecule has 2 rings (SSSR count). The molecule has 94 valence electrons. The molecule has 0 aliphatic carbocycles. The van der Waals surface area contributed by atoms with E-state index in [1.54, 1.807) is 13.3 Å². The molecule has 0 fully saturated rings. The summed E-state index contributed by atoms with van der Waals surface area (Å²) < 4.78 is 10.8. The van der Waals surface area contributed by atoms with E-state index in [4.69, 9.17) is 9.47 Å². The van der Waals surface area contributed by atoms with Gasteiger partial charge in [0.25, 0.3) is 0 Å². The van der Waals surface area contributed by atoms with Gasteiger partial charge >= 0.3 is 0 Å². The highest BCUT2D eigenvalue weighted by Gasteiger charge is 2.07. The molecule has 0 aliphatic rings. The Bertz CT molecular complexity index is 500. The number of nitrogens with zero attached hydrogens (tertiary/aromatic N) is 2. The summed E-state index contributed by atoms with van der Waals surface area (Å²) in [5.74, 6) is 1.39. The first-order valence-electron chi connectivity index (χ1n) is 5.78. The number of hydrogen-bond acceptors (Lipinski definition) is 4. The fraction of sp³-hybridized carbons (Fsp3) is 0.286. The van der Waals surface area contributed by atoms with Gasteiger partial charge in [-0.15, -0.1) is 0 Å². The lowest BCUT2D eigenvalue weighted by molar-refractivity contribution is 0.174. The largest absolute Gasteiger partial charge is 0.485 e. The summed E-state index contributed by atoms with van der Waals surface area (Å²) in [6.07, 6.45) is 1.69. The van der Waals surface area contributed by atoms with Crippen LogP contribution in [0, 0.1) is 6.92 Å². The molecule has 1 aromatic heterocycles. The highest BCUT2D eigenvalue weighted by Crippen LogP contribution is 2.17. The van der Waals surface area contributed by atoms with Crippen molar-refractivity contribution in [1.82, 2.24) is 9.97 Å². The first-order chi connectivity index (χ1) is 8.79. The Morgan fingerprint density at radius 2 is 1.89 bits per heavy atom. The Balaban J connectivity index is 2.09. The maximum atomic E-state index is 5.73. The summed E-state index contributed by atoms with van der Waals surface area (Å²) in [6, 6.07) is 9.99. The smallest absolute Gasteiger partial charge is 0.162 e. The molecule has 0 N–H and O–H groups in total. The van der Waals surface area contributed by atoms with Gasteiger partial charge in [0, 0.05) is 7.11 Å². The number of aromatic nitrogens is 2. The Morgan fingerprint density at radius 1 is 1.11 bits per heavy atom. The third kappa shape index (κ3) is 3.28. The van der Waals surface area contributed by atoms with Crippen molar-refractivity contribution in [3.8, 4) is 5.75 Å². The number of ether oxygens (including phenoxy) is 2. The van der Waals surface area contributed by atoms with Crippen LogP contribution in [0.25, 0.3) is 0 Å². The molecular formula is C14H16N2O2. The topological polar surface area (TPSA) is 44.2 Å². The molecule has 2 aromatic rings. The van der Waals surface area contributed by atoms with E-state index < -0.39 is 0 Å². The predicted octanol–water partition coefficient (Wildman–Crippen LogP) is 2.51. The van der Waals surface area contributed by atoms with Crippen molar-refractivity contribution in [2.45, 2.75) is 20.1 Å². The van der Waals surface area contributed by atoms with E-state index in [9.17, 15) is 0 Å². The summed E-state index contributed by atoms with van der Waals surface area (Å²) in [4.78, 5) is 8.46.